The monoisotopic (exact) mass is 567 g/mol. The Balaban J connectivity index is 1.38. The molecule has 7 heteroatoms. The summed E-state index contributed by atoms with van der Waals surface area (Å²) in [6.07, 6.45) is 0. The van der Waals surface area contributed by atoms with Gasteiger partial charge in [0.1, 0.15) is 39.2 Å². The van der Waals surface area contributed by atoms with Crippen LogP contribution < -0.4 is 32.6 Å². The van der Waals surface area contributed by atoms with E-state index in [-0.39, 0.29) is 0 Å². The summed E-state index contributed by atoms with van der Waals surface area (Å²) in [5.74, 6) is 0. The minimum absolute atomic E-state index is 1.11. The van der Waals surface area contributed by atoms with Gasteiger partial charge in [-0.2, -0.15) is 0 Å². The van der Waals surface area contributed by atoms with Crippen LogP contribution in [0.1, 0.15) is 0 Å². The van der Waals surface area contributed by atoms with Gasteiger partial charge in [-0.25, -0.2) is 0 Å². The maximum atomic E-state index is 3.71. The summed E-state index contributed by atoms with van der Waals surface area (Å²) in [6, 6.07) is 51.1. The highest BCUT2D eigenvalue weighted by Gasteiger charge is 2.33. The largest absolute Gasteiger partial charge is 0.356 e. The minimum atomic E-state index is -1.68. The van der Waals surface area contributed by atoms with Gasteiger partial charge < -0.3 is 5.32 Å². The van der Waals surface area contributed by atoms with Crippen LogP contribution in [-0.2, 0) is 0 Å². The molecule has 6 rings (SSSR count). The van der Waals surface area contributed by atoms with Crippen LogP contribution in [0, 0.1) is 0 Å². The molecule has 1 N–H and O–H groups in total. The van der Waals surface area contributed by atoms with E-state index in [0.717, 1.165) is 5.69 Å². The predicted molar refractivity (Wildman–Crippen MR) is 202 cm³/mol. The summed E-state index contributed by atoms with van der Waals surface area (Å²) in [7, 11) is 9.42. The molecule has 0 aromatic heterocycles. The van der Waals surface area contributed by atoms with Gasteiger partial charge in [-0.3, -0.25) is 0 Å². The highest BCUT2D eigenvalue weighted by Crippen LogP contribution is 2.73. The van der Waals surface area contributed by atoms with Crippen molar-refractivity contribution in [1.29, 1.82) is 0 Å². The number of nitrogens with one attached hydrogen (secondary N) is 1. The van der Waals surface area contributed by atoms with E-state index in [0.29, 0.717) is 0 Å². The van der Waals surface area contributed by atoms with Crippen molar-refractivity contribution < 1.29 is 0 Å². The number of rotatable bonds is 7. The second-order valence-corrected chi connectivity index (χ2v) is 14.4. The molecule has 0 fully saturated rings. The lowest BCUT2D eigenvalue weighted by Gasteiger charge is -2.42. The molecular formula is C36H34B5NS. The molecule has 1 nitrogen and oxygen atoms in total. The van der Waals surface area contributed by atoms with Gasteiger partial charge in [-0.05, 0) is 71.8 Å². The van der Waals surface area contributed by atoms with Crippen molar-refractivity contribution in [1.82, 2.24) is 0 Å². The number of hydrogen-bond donors (Lipinski definition) is 1. The molecule has 6 aromatic rings. The lowest BCUT2D eigenvalue weighted by Crippen LogP contribution is -2.55. The van der Waals surface area contributed by atoms with Crippen LogP contribution in [0.2, 0.25) is 0 Å². The van der Waals surface area contributed by atoms with Crippen LogP contribution in [0.3, 0.4) is 0 Å². The first-order valence-corrected chi connectivity index (χ1v) is 16.6. The quantitative estimate of drug-likeness (QED) is 0.291. The predicted octanol–water partition coefficient (Wildman–Crippen LogP) is 1.73. The molecule has 0 bridgehead atoms. The van der Waals surface area contributed by atoms with Crippen LogP contribution in [0.5, 0.6) is 0 Å². The van der Waals surface area contributed by atoms with Crippen molar-refractivity contribution in [3.8, 4) is 11.1 Å². The minimum Gasteiger partial charge on any atom is -0.356 e. The van der Waals surface area contributed by atoms with Gasteiger partial charge >= 0.3 is 0 Å². The van der Waals surface area contributed by atoms with E-state index in [1.54, 1.807) is 0 Å². The van der Waals surface area contributed by atoms with E-state index in [2.05, 4.69) is 184 Å². The van der Waals surface area contributed by atoms with Crippen molar-refractivity contribution in [3.63, 3.8) is 0 Å². The topological polar surface area (TPSA) is 12.0 Å². The second kappa shape index (κ2) is 12.2. The third-order valence-corrected chi connectivity index (χ3v) is 12.9. The average molecular weight is 567 g/mol. The Hall–Kier alpha value is -4.21. The number of anilines is 2. The highest BCUT2D eigenvalue weighted by molar-refractivity contribution is 8.34. The fourth-order valence-corrected chi connectivity index (χ4v) is 9.99. The second-order valence-electron chi connectivity index (χ2n) is 11.3. The average Bonchev–Trinajstić information content (AvgIpc) is 3.07. The molecule has 43 heavy (non-hydrogen) atoms. The maximum Gasteiger partial charge on any atom is 0.141 e. The molecule has 0 amide bonds. The number of benzene rings is 6. The van der Waals surface area contributed by atoms with Gasteiger partial charge in [-0.1, -0.05) is 101 Å². The van der Waals surface area contributed by atoms with E-state index in [9.17, 15) is 0 Å². The molecule has 204 valence electrons. The molecule has 0 unspecified atom stereocenters. The van der Waals surface area contributed by atoms with E-state index in [1.165, 1.54) is 63.7 Å². The molecule has 6 aromatic carbocycles. The molecule has 0 aliphatic carbocycles. The summed E-state index contributed by atoms with van der Waals surface area (Å²) in [5, 5.41) is 3.71. The standard InChI is InChI=1S/C36H34B5NS/c37-31-32(38)34(40)36(35(41)33(31)39)42-26-20-16-24(17-21-26)25-18-22-30(23-19-25)43(27-10-4-1-5-11-27,28-12-6-2-7-13-28)29-14-8-3-9-15-29/h1-23,42H,37-41H2. The van der Waals surface area contributed by atoms with E-state index in [1.807, 2.05) is 0 Å². The molecule has 0 aliphatic rings. The van der Waals surface area contributed by atoms with Crippen molar-refractivity contribution >= 4 is 87.9 Å². The van der Waals surface area contributed by atoms with E-state index in [4.69, 9.17) is 0 Å². The normalized spacial score (nSPS) is 11.6. The van der Waals surface area contributed by atoms with Gasteiger partial charge in [0.05, 0.1) is 0 Å². The molecule has 0 saturated heterocycles. The Morgan fingerprint density at radius 3 is 1.07 bits per heavy atom. The summed E-state index contributed by atoms with van der Waals surface area (Å²) >= 11 is 0. The van der Waals surface area contributed by atoms with Crippen molar-refractivity contribution in [2.45, 2.75) is 19.6 Å². The third kappa shape index (κ3) is 5.28. The highest BCUT2D eigenvalue weighted by atomic mass is 32.3. The molecule has 0 saturated carbocycles. The summed E-state index contributed by atoms with van der Waals surface area (Å²) in [4.78, 5) is 5.34. The Kier molecular flexibility index (Phi) is 8.19. The van der Waals surface area contributed by atoms with Crippen molar-refractivity contribution in [2.75, 3.05) is 5.32 Å². The van der Waals surface area contributed by atoms with Gasteiger partial charge in [0.2, 0.25) is 0 Å². The fraction of sp³-hybridized carbons (Fsp3) is 0. The fourth-order valence-electron chi connectivity index (χ4n) is 6.12. The van der Waals surface area contributed by atoms with Crippen LogP contribution in [-0.4, -0.2) is 39.2 Å². The van der Waals surface area contributed by atoms with Gasteiger partial charge in [0, 0.05) is 31.0 Å². The first-order valence-electron chi connectivity index (χ1n) is 14.9. The Labute approximate surface area is 262 Å². The lowest BCUT2D eigenvalue weighted by atomic mass is 9.61. The maximum absolute atomic E-state index is 3.71. The van der Waals surface area contributed by atoms with Crippen LogP contribution in [0.4, 0.5) is 11.4 Å². The van der Waals surface area contributed by atoms with Gasteiger partial charge in [-0.15, -0.1) is 15.5 Å². The molecular weight excluding hydrogens is 533 g/mol. The SMILES string of the molecule is Bc1c(B)c(B)c(Nc2ccc(-c3ccc(S(c4ccccc4)(c4ccccc4)c4ccccc4)cc3)cc2)c(B)c1B. The summed E-state index contributed by atoms with van der Waals surface area (Å²) in [6.45, 7) is 0. The van der Waals surface area contributed by atoms with E-state index >= 15 is 0 Å². The zero-order valence-electron chi connectivity index (χ0n) is 25.7. The van der Waals surface area contributed by atoms with Gasteiger partial charge in [0.15, 0.2) is 0 Å². The van der Waals surface area contributed by atoms with Crippen molar-refractivity contribution in [2.24, 2.45) is 0 Å². The van der Waals surface area contributed by atoms with Gasteiger partial charge in [0.25, 0.3) is 0 Å². The zero-order valence-corrected chi connectivity index (χ0v) is 26.5. The number of hydrogen-bond acceptors (Lipinski definition) is 1. The Morgan fingerprint density at radius 2 is 0.674 bits per heavy atom. The van der Waals surface area contributed by atoms with Crippen LogP contribution in [0.15, 0.2) is 159 Å². The molecule has 0 heterocycles. The van der Waals surface area contributed by atoms with Crippen LogP contribution in [0.25, 0.3) is 11.1 Å². The third-order valence-electron chi connectivity index (χ3n) is 8.99. The zero-order chi connectivity index (χ0) is 30.0. The van der Waals surface area contributed by atoms with E-state index < -0.39 is 10.0 Å². The van der Waals surface area contributed by atoms with Crippen LogP contribution >= 0.6 is 10.0 Å². The first-order chi connectivity index (χ1) is 20.9. The smallest absolute Gasteiger partial charge is 0.141 e. The molecule has 0 radical (unpaired) electrons. The Bertz CT molecular complexity index is 1740. The summed E-state index contributed by atoms with van der Waals surface area (Å²) in [5.41, 5.74) is 11.5. The summed E-state index contributed by atoms with van der Waals surface area (Å²) < 4.78 is 0. The molecule has 0 aliphatic heterocycles. The Morgan fingerprint density at radius 1 is 0.349 bits per heavy atom. The lowest BCUT2D eigenvalue weighted by molar-refractivity contribution is 1.24. The first kappa shape index (κ1) is 28.9. The van der Waals surface area contributed by atoms with Crippen molar-refractivity contribution in [3.05, 3.63) is 140 Å². The molecule has 0 spiro atoms. The molecule has 0 atom stereocenters.